The highest BCUT2D eigenvalue weighted by molar-refractivity contribution is 5.99. The zero-order valence-electron chi connectivity index (χ0n) is 9.86. The van der Waals surface area contributed by atoms with Gasteiger partial charge in [0.25, 0.3) is 0 Å². The standard InChI is InChI=1S/C12H16N2O2/c1-13(2)10-8-9(4-5-11(10)16-3)14-7-6-12(14)15/h4-5,8H,6-7H2,1-3H3. The summed E-state index contributed by atoms with van der Waals surface area (Å²) in [5.41, 5.74) is 1.93. The molecule has 2 rings (SSSR count). The van der Waals surface area contributed by atoms with Gasteiger partial charge in [0.05, 0.1) is 12.8 Å². The maximum atomic E-state index is 11.3. The Bertz CT molecular complexity index is 415. The Hall–Kier alpha value is -1.71. The van der Waals surface area contributed by atoms with Crippen LogP contribution in [0.2, 0.25) is 0 Å². The van der Waals surface area contributed by atoms with Crippen LogP contribution in [-0.2, 0) is 4.79 Å². The summed E-state index contributed by atoms with van der Waals surface area (Å²) >= 11 is 0. The molecule has 1 saturated heterocycles. The predicted molar refractivity (Wildman–Crippen MR) is 64.3 cm³/mol. The van der Waals surface area contributed by atoms with Crippen LogP contribution >= 0.6 is 0 Å². The molecule has 16 heavy (non-hydrogen) atoms. The number of anilines is 2. The number of nitrogens with zero attached hydrogens (tertiary/aromatic N) is 2. The topological polar surface area (TPSA) is 32.8 Å². The first-order chi connectivity index (χ1) is 7.63. The van der Waals surface area contributed by atoms with Crippen molar-refractivity contribution >= 4 is 17.3 Å². The van der Waals surface area contributed by atoms with Gasteiger partial charge in [-0.2, -0.15) is 0 Å². The highest BCUT2D eigenvalue weighted by Gasteiger charge is 2.25. The molecule has 0 N–H and O–H groups in total. The fraction of sp³-hybridized carbons (Fsp3) is 0.417. The van der Waals surface area contributed by atoms with Crippen LogP contribution in [0.15, 0.2) is 18.2 Å². The van der Waals surface area contributed by atoms with Crippen molar-refractivity contribution in [2.45, 2.75) is 6.42 Å². The lowest BCUT2D eigenvalue weighted by molar-refractivity contribution is -0.122. The van der Waals surface area contributed by atoms with E-state index in [1.165, 1.54) is 0 Å². The van der Waals surface area contributed by atoms with E-state index >= 15 is 0 Å². The quantitative estimate of drug-likeness (QED) is 0.724. The van der Waals surface area contributed by atoms with Gasteiger partial charge in [-0.05, 0) is 18.2 Å². The summed E-state index contributed by atoms with van der Waals surface area (Å²) in [5, 5.41) is 0. The molecule has 4 nitrogen and oxygen atoms in total. The molecule has 1 heterocycles. The minimum Gasteiger partial charge on any atom is -0.495 e. The van der Waals surface area contributed by atoms with E-state index in [0.29, 0.717) is 6.42 Å². The van der Waals surface area contributed by atoms with Crippen LogP contribution in [0.25, 0.3) is 0 Å². The smallest absolute Gasteiger partial charge is 0.228 e. The molecule has 0 radical (unpaired) electrons. The number of benzene rings is 1. The van der Waals surface area contributed by atoms with Crippen molar-refractivity contribution in [1.82, 2.24) is 0 Å². The van der Waals surface area contributed by atoms with Gasteiger partial charge in [-0.3, -0.25) is 4.79 Å². The van der Waals surface area contributed by atoms with Gasteiger partial charge in [0, 0.05) is 32.7 Å². The highest BCUT2D eigenvalue weighted by Crippen LogP contribution is 2.33. The number of hydrogen-bond acceptors (Lipinski definition) is 3. The van der Waals surface area contributed by atoms with Crippen LogP contribution in [0.1, 0.15) is 6.42 Å². The summed E-state index contributed by atoms with van der Waals surface area (Å²) in [6.07, 6.45) is 0.656. The van der Waals surface area contributed by atoms with Gasteiger partial charge in [-0.25, -0.2) is 0 Å². The van der Waals surface area contributed by atoms with Crippen molar-refractivity contribution in [3.05, 3.63) is 18.2 Å². The highest BCUT2D eigenvalue weighted by atomic mass is 16.5. The van der Waals surface area contributed by atoms with E-state index < -0.39 is 0 Å². The second-order valence-corrected chi connectivity index (χ2v) is 4.05. The second kappa shape index (κ2) is 4.04. The summed E-state index contributed by atoms with van der Waals surface area (Å²) in [7, 11) is 5.57. The van der Waals surface area contributed by atoms with Crippen LogP contribution in [0, 0.1) is 0 Å². The molecule has 0 bridgehead atoms. The summed E-state index contributed by atoms with van der Waals surface area (Å²) in [6, 6.07) is 5.80. The Labute approximate surface area is 95.4 Å². The van der Waals surface area contributed by atoms with Gasteiger partial charge >= 0.3 is 0 Å². The molecule has 0 aromatic heterocycles. The third-order valence-electron chi connectivity index (χ3n) is 2.81. The maximum absolute atomic E-state index is 11.3. The van der Waals surface area contributed by atoms with Gasteiger partial charge in [0.15, 0.2) is 0 Å². The molecule has 86 valence electrons. The molecule has 0 spiro atoms. The summed E-state index contributed by atoms with van der Waals surface area (Å²) in [6.45, 7) is 0.817. The molecule has 4 heteroatoms. The van der Waals surface area contributed by atoms with E-state index in [2.05, 4.69) is 0 Å². The van der Waals surface area contributed by atoms with Crippen molar-refractivity contribution in [2.24, 2.45) is 0 Å². The van der Waals surface area contributed by atoms with Crippen LogP contribution in [0.3, 0.4) is 0 Å². The number of amides is 1. The third-order valence-corrected chi connectivity index (χ3v) is 2.81. The van der Waals surface area contributed by atoms with Gasteiger partial charge in [0.1, 0.15) is 5.75 Å². The van der Waals surface area contributed by atoms with Crippen LogP contribution in [0.4, 0.5) is 11.4 Å². The molecule has 1 fully saturated rings. The molecule has 1 aromatic carbocycles. The zero-order chi connectivity index (χ0) is 11.7. The Balaban J connectivity index is 2.35. The summed E-state index contributed by atoms with van der Waals surface area (Å²) in [5.74, 6) is 1.01. The molecule has 0 aliphatic carbocycles. The van der Waals surface area contributed by atoms with E-state index in [4.69, 9.17) is 4.74 Å². The Morgan fingerprint density at radius 2 is 2.12 bits per heavy atom. The fourth-order valence-corrected chi connectivity index (χ4v) is 1.78. The molecule has 0 unspecified atom stereocenters. The number of ether oxygens (including phenoxy) is 1. The third kappa shape index (κ3) is 1.71. The number of carbonyl (C=O) groups excluding carboxylic acids is 1. The SMILES string of the molecule is COc1ccc(N2CCC2=O)cc1N(C)C. The minimum atomic E-state index is 0.190. The maximum Gasteiger partial charge on any atom is 0.228 e. The average Bonchev–Trinajstić information content (AvgIpc) is 2.27. The normalized spacial score (nSPS) is 14.7. The van der Waals surface area contributed by atoms with E-state index in [-0.39, 0.29) is 5.91 Å². The average molecular weight is 220 g/mol. The van der Waals surface area contributed by atoms with Crippen LogP contribution in [-0.4, -0.2) is 33.7 Å². The molecular formula is C12H16N2O2. The molecular weight excluding hydrogens is 204 g/mol. The molecule has 1 amide bonds. The number of carbonyl (C=O) groups is 1. The minimum absolute atomic E-state index is 0.190. The van der Waals surface area contributed by atoms with Crippen molar-refractivity contribution in [1.29, 1.82) is 0 Å². The lowest BCUT2D eigenvalue weighted by atomic mass is 10.1. The fourth-order valence-electron chi connectivity index (χ4n) is 1.78. The Kier molecular flexibility index (Phi) is 2.73. The van der Waals surface area contributed by atoms with Gasteiger partial charge < -0.3 is 14.5 Å². The van der Waals surface area contributed by atoms with Gasteiger partial charge in [0.2, 0.25) is 5.91 Å². The van der Waals surface area contributed by atoms with E-state index in [1.54, 1.807) is 12.0 Å². The number of rotatable bonds is 3. The van der Waals surface area contributed by atoms with E-state index in [1.807, 2.05) is 37.2 Å². The first-order valence-electron chi connectivity index (χ1n) is 5.29. The van der Waals surface area contributed by atoms with Crippen molar-refractivity contribution in [2.75, 3.05) is 37.5 Å². The van der Waals surface area contributed by atoms with Gasteiger partial charge in [-0.1, -0.05) is 0 Å². The lowest BCUT2D eigenvalue weighted by Crippen LogP contribution is -2.43. The van der Waals surface area contributed by atoms with Crippen LogP contribution < -0.4 is 14.5 Å². The number of hydrogen-bond donors (Lipinski definition) is 0. The van der Waals surface area contributed by atoms with Crippen molar-refractivity contribution < 1.29 is 9.53 Å². The largest absolute Gasteiger partial charge is 0.495 e. The van der Waals surface area contributed by atoms with E-state index in [0.717, 1.165) is 23.7 Å². The van der Waals surface area contributed by atoms with Crippen LogP contribution in [0.5, 0.6) is 5.75 Å². The van der Waals surface area contributed by atoms with Crippen molar-refractivity contribution in [3.63, 3.8) is 0 Å². The lowest BCUT2D eigenvalue weighted by Gasteiger charge is -2.31. The van der Waals surface area contributed by atoms with E-state index in [9.17, 15) is 4.79 Å². The second-order valence-electron chi connectivity index (χ2n) is 4.05. The molecule has 1 aromatic rings. The molecule has 0 atom stereocenters. The molecule has 0 saturated carbocycles. The number of methoxy groups -OCH3 is 1. The first-order valence-corrected chi connectivity index (χ1v) is 5.29. The Morgan fingerprint density at radius 1 is 1.38 bits per heavy atom. The van der Waals surface area contributed by atoms with Gasteiger partial charge in [-0.15, -0.1) is 0 Å². The zero-order valence-corrected chi connectivity index (χ0v) is 9.86. The number of β-lactam (4-membered cyclic amide) rings is 1. The van der Waals surface area contributed by atoms with Crippen molar-refractivity contribution in [3.8, 4) is 5.75 Å². The first kappa shape index (κ1) is 10.8. The molecule has 1 aliphatic rings. The predicted octanol–water partition coefficient (Wildman–Crippen LogP) is 1.50. The summed E-state index contributed by atoms with van der Waals surface area (Å²) < 4.78 is 5.27. The monoisotopic (exact) mass is 220 g/mol. The molecule has 1 aliphatic heterocycles. The Morgan fingerprint density at radius 3 is 2.56 bits per heavy atom. The summed E-state index contributed by atoms with van der Waals surface area (Å²) in [4.78, 5) is 15.1.